The molecule has 0 radical (unpaired) electrons. The summed E-state index contributed by atoms with van der Waals surface area (Å²) in [5, 5.41) is 7.11. The lowest BCUT2D eigenvalue weighted by molar-refractivity contribution is 0.263. The zero-order valence-electron chi connectivity index (χ0n) is 10.5. The Morgan fingerprint density at radius 2 is 2.19 bits per heavy atom. The molecule has 3 unspecified atom stereocenters. The smallest absolute Gasteiger partial charge is 0.110 e. The van der Waals surface area contributed by atoms with Gasteiger partial charge in [0.2, 0.25) is 0 Å². The number of hydrogen-bond acceptors (Lipinski definition) is 3. The molecule has 90 valence electrons. The lowest BCUT2D eigenvalue weighted by atomic mass is 9.85. The second-order valence-corrected chi connectivity index (χ2v) is 5.97. The Kier molecular flexibility index (Phi) is 3.98. The highest BCUT2D eigenvalue weighted by molar-refractivity contribution is 7.09. The molecule has 1 aliphatic rings. The fraction of sp³-hybridized carbons (Fsp3) is 0.769. The molecule has 0 aromatic carbocycles. The molecule has 1 N–H and O–H groups in total. The predicted molar refractivity (Wildman–Crippen MR) is 69.8 cm³/mol. The Morgan fingerprint density at radius 3 is 2.81 bits per heavy atom. The molecule has 1 saturated carbocycles. The summed E-state index contributed by atoms with van der Waals surface area (Å²) in [5.41, 5.74) is 1.14. The molecule has 0 bridgehead atoms. The summed E-state index contributed by atoms with van der Waals surface area (Å²) in [6.07, 6.45) is 5.49. The fourth-order valence-corrected chi connectivity index (χ4v) is 3.34. The molecule has 1 aliphatic carbocycles. The topological polar surface area (TPSA) is 24.9 Å². The molecule has 16 heavy (non-hydrogen) atoms. The second-order valence-electron chi connectivity index (χ2n) is 5.08. The van der Waals surface area contributed by atoms with Gasteiger partial charge in [0.05, 0.1) is 6.04 Å². The van der Waals surface area contributed by atoms with Gasteiger partial charge in [-0.3, -0.25) is 0 Å². The van der Waals surface area contributed by atoms with E-state index in [1.807, 2.05) is 0 Å². The van der Waals surface area contributed by atoms with Crippen LogP contribution in [0, 0.1) is 12.8 Å². The van der Waals surface area contributed by atoms with Crippen LogP contribution in [0.2, 0.25) is 0 Å². The van der Waals surface area contributed by atoms with Crippen molar-refractivity contribution in [2.45, 2.75) is 58.5 Å². The summed E-state index contributed by atoms with van der Waals surface area (Å²) in [5.74, 6) is 0.817. The largest absolute Gasteiger partial charge is 0.305 e. The van der Waals surface area contributed by atoms with Gasteiger partial charge in [-0.15, -0.1) is 11.3 Å². The zero-order chi connectivity index (χ0) is 11.5. The Balaban J connectivity index is 1.93. The summed E-state index contributed by atoms with van der Waals surface area (Å²) in [4.78, 5) is 4.56. The van der Waals surface area contributed by atoms with Gasteiger partial charge in [0.15, 0.2) is 0 Å². The summed E-state index contributed by atoms with van der Waals surface area (Å²) < 4.78 is 0. The van der Waals surface area contributed by atoms with E-state index in [0.29, 0.717) is 12.1 Å². The molecular formula is C13H22N2S. The van der Waals surface area contributed by atoms with Gasteiger partial charge >= 0.3 is 0 Å². The lowest BCUT2D eigenvalue weighted by Gasteiger charge is -2.31. The van der Waals surface area contributed by atoms with Gasteiger partial charge < -0.3 is 5.32 Å². The van der Waals surface area contributed by atoms with Gasteiger partial charge in [-0.2, -0.15) is 0 Å². The SMILES string of the molecule is Cc1csc(C(C)NC2CCCCC2C)n1. The minimum Gasteiger partial charge on any atom is -0.305 e. The first kappa shape index (κ1) is 12.1. The molecule has 1 fully saturated rings. The van der Waals surface area contributed by atoms with Gasteiger partial charge in [0.25, 0.3) is 0 Å². The first-order valence-electron chi connectivity index (χ1n) is 6.35. The van der Waals surface area contributed by atoms with E-state index in [1.54, 1.807) is 11.3 Å². The van der Waals surface area contributed by atoms with E-state index in [1.165, 1.54) is 30.7 Å². The number of thiazole rings is 1. The third-order valence-electron chi connectivity index (χ3n) is 3.58. The van der Waals surface area contributed by atoms with Crippen LogP contribution in [0.25, 0.3) is 0 Å². The summed E-state index contributed by atoms with van der Waals surface area (Å²) in [6.45, 7) is 6.67. The number of aromatic nitrogens is 1. The second kappa shape index (κ2) is 5.28. The summed E-state index contributed by atoms with van der Waals surface area (Å²) in [6, 6.07) is 1.09. The van der Waals surface area contributed by atoms with Crippen LogP contribution in [0.3, 0.4) is 0 Å². The van der Waals surface area contributed by atoms with Crippen LogP contribution in [0.1, 0.15) is 56.3 Å². The molecule has 1 aromatic heterocycles. The highest BCUT2D eigenvalue weighted by atomic mass is 32.1. The predicted octanol–water partition coefficient (Wildman–Crippen LogP) is 3.68. The van der Waals surface area contributed by atoms with Crippen molar-refractivity contribution in [2.24, 2.45) is 5.92 Å². The van der Waals surface area contributed by atoms with E-state index in [9.17, 15) is 0 Å². The van der Waals surface area contributed by atoms with Gasteiger partial charge in [0, 0.05) is 17.1 Å². The highest BCUT2D eigenvalue weighted by Crippen LogP contribution is 2.27. The van der Waals surface area contributed by atoms with Gasteiger partial charge in [-0.1, -0.05) is 19.8 Å². The third-order valence-corrected chi connectivity index (χ3v) is 4.73. The molecule has 1 heterocycles. The molecule has 0 spiro atoms. The maximum Gasteiger partial charge on any atom is 0.110 e. The minimum atomic E-state index is 0.407. The van der Waals surface area contributed by atoms with E-state index in [0.717, 1.165) is 11.6 Å². The average Bonchev–Trinajstić information content (AvgIpc) is 2.68. The number of aryl methyl sites for hydroxylation is 1. The van der Waals surface area contributed by atoms with Crippen LogP contribution in [0.15, 0.2) is 5.38 Å². The molecule has 0 amide bonds. The van der Waals surface area contributed by atoms with Crippen molar-refractivity contribution in [3.8, 4) is 0 Å². The monoisotopic (exact) mass is 238 g/mol. The van der Waals surface area contributed by atoms with E-state index in [2.05, 4.69) is 36.5 Å². The lowest BCUT2D eigenvalue weighted by Crippen LogP contribution is -2.38. The van der Waals surface area contributed by atoms with Crippen molar-refractivity contribution < 1.29 is 0 Å². The number of hydrogen-bond donors (Lipinski definition) is 1. The van der Waals surface area contributed by atoms with Crippen LogP contribution >= 0.6 is 11.3 Å². The molecule has 0 saturated heterocycles. The van der Waals surface area contributed by atoms with E-state index in [-0.39, 0.29) is 0 Å². The molecule has 1 aromatic rings. The van der Waals surface area contributed by atoms with Gasteiger partial charge in [-0.05, 0) is 32.6 Å². The van der Waals surface area contributed by atoms with Crippen LogP contribution < -0.4 is 5.32 Å². The Morgan fingerprint density at radius 1 is 1.44 bits per heavy atom. The van der Waals surface area contributed by atoms with Crippen molar-refractivity contribution in [1.29, 1.82) is 0 Å². The highest BCUT2D eigenvalue weighted by Gasteiger charge is 2.23. The molecular weight excluding hydrogens is 216 g/mol. The van der Waals surface area contributed by atoms with Crippen molar-refractivity contribution in [3.63, 3.8) is 0 Å². The number of rotatable bonds is 3. The molecule has 3 atom stereocenters. The molecule has 2 nitrogen and oxygen atoms in total. The van der Waals surface area contributed by atoms with E-state index >= 15 is 0 Å². The van der Waals surface area contributed by atoms with Crippen LogP contribution in [0.4, 0.5) is 0 Å². The third kappa shape index (κ3) is 2.83. The summed E-state index contributed by atoms with van der Waals surface area (Å²) >= 11 is 1.77. The average molecular weight is 238 g/mol. The van der Waals surface area contributed by atoms with Crippen molar-refractivity contribution in [1.82, 2.24) is 10.3 Å². The molecule has 0 aliphatic heterocycles. The first-order valence-corrected chi connectivity index (χ1v) is 7.23. The van der Waals surface area contributed by atoms with E-state index in [4.69, 9.17) is 0 Å². The zero-order valence-corrected chi connectivity index (χ0v) is 11.3. The first-order chi connectivity index (χ1) is 7.66. The van der Waals surface area contributed by atoms with Gasteiger partial charge in [0.1, 0.15) is 5.01 Å². The summed E-state index contributed by atoms with van der Waals surface area (Å²) in [7, 11) is 0. The standard InChI is InChI=1S/C13H22N2S/c1-9-6-4-5-7-12(9)15-11(3)13-14-10(2)8-16-13/h8-9,11-12,15H,4-7H2,1-3H3. The Labute approximate surface area is 102 Å². The van der Waals surface area contributed by atoms with Crippen LogP contribution in [-0.4, -0.2) is 11.0 Å². The van der Waals surface area contributed by atoms with Crippen molar-refractivity contribution in [3.05, 3.63) is 16.1 Å². The van der Waals surface area contributed by atoms with Crippen LogP contribution in [0.5, 0.6) is 0 Å². The maximum absolute atomic E-state index is 4.56. The van der Waals surface area contributed by atoms with Crippen LogP contribution in [-0.2, 0) is 0 Å². The minimum absolute atomic E-state index is 0.407. The Hall–Kier alpha value is -0.410. The molecule has 2 rings (SSSR count). The van der Waals surface area contributed by atoms with Gasteiger partial charge in [-0.25, -0.2) is 4.98 Å². The maximum atomic E-state index is 4.56. The molecule has 3 heteroatoms. The Bertz CT molecular complexity index is 334. The number of nitrogens with zero attached hydrogens (tertiary/aromatic N) is 1. The quantitative estimate of drug-likeness (QED) is 0.869. The van der Waals surface area contributed by atoms with Crippen molar-refractivity contribution in [2.75, 3.05) is 0 Å². The number of nitrogens with one attached hydrogen (secondary N) is 1. The normalized spacial score (nSPS) is 27.9. The van der Waals surface area contributed by atoms with E-state index < -0.39 is 0 Å². The van der Waals surface area contributed by atoms with Crippen molar-refractivity contribution >= 4 is 11.3 Å². The fourth-order valence-electron chi connectivity index (χ4n) is 2.53.